The van der Waals surface area contributed by atoms with Crippen LogP contribution in [0, 0.1) is 11.8 Å². The van der Waals surface area contributed by atoms with Gasteiger partial charge in [0.1, 0.15) is 11.6 Å². The first kappa shape index (κ1) is 14.1. The van der Waals surface area contributed by atoms with Gasteiger partial charge in [-0.2, -0.15) is 0 Å². The third kappa shape index (κ3) is 4.41. The summed E-state index contributed by atoms with van der Waals surface area (Å²) in [4.78, 5) is 34.4. The molecule has 1 aliphatic carbocycles. The smallest absolute Gasteiger partial charge is 0.150 e. The van der Waals surface area contributed by atoms with E-state index in [2.05, 4.69) is 6.92 Å². The molecule has 0 radical (unpaired) electrons. The standard InChI is InChI=1S/C14H22O3/c1-3-4-5-11-6-7-13(16)12(9-11)14(17)8-10(2)15/h11-12H,3-9H2,1-2H3. The van der Waals surface area contributed by atoms with Crippen LogP contribution in [0.3, 0.4) is 0 Å². The van der Waals surface area contributed by atoms with Crippen molar-refractivity contribution in [2.24, 2.45) is 11.8 Å². The molecule has 0 spiro atoms. The summed E-state index contributed by atoms with van der Waals surface area (Å²) in [5, 5.41) is 0. The Balaban J connectivity index is 2.53. The molecule has 1 saturated carbocycles. The lowest BCUT2D eigenvalue weighted by molar-refractivity contribution is -0.136. The number of ketones is 3. The van der Waals surface area contributed by atoms with Gasteiger partial charge in [0.05, 0.1) is 12.3 Å². The van der Waals surface area contributed by atoms with Crippen LogP contribution in [0.1, 0.15) is 58.8 Å². The van der Waals surface area contributed by atoms with Crippen molar-refractivity contribution < 1.29 is 14.4 Å². The minimum Gasteiger partial charge on any atom is -0.300 e. The highest BCUT2D eigenvalue weighted by molar-refractivity contribution is 6.09. The van der Waals surface area contributed by atoms with Gasteiger partial charge in [0, 0.05) is 6.42 Å². The lowest BCUT2D eigenvalue weighted by atomic mass is 9.76. The van der Waals surface area contributed by atoms with Gasteiger partial charge in [-0.1, -0.05) is 26.2 Å². The second kappa shape index (κ2) is 6.67. The third-order valence-corrected chi connectivity index (χ3v) is 3.53. The SMILES string of the molecule is CCCCC1CCC(=O)C(C(=O)CC(C)=O)C1. The molecule has 0 aromatic rings. The van der Waals surface area contributed by atoms with E-state index < -0.39 is 5.92 Å². The summed E-state index contributed by atoms with van der Waals surface area (Å²) >= 11 is 0. The summed E-state index contributed by atoms with van der Waals surface area (Å²) in [5.41, 5.74) is 0. The van der Waals surface area contributed by atoms with Crippen LogP contribution in [0.15, 0.2) is 0 Å². The summed E-state index contributed by atoms with van der Waals surface area (Å²) in [6.07, 6.45) is 5.45. The van der Waals surface area contributed by atoms with E-state index in [1.54, 1.807) is 0 Å². The quantitative estimate of drug-likeness (QED) is 0.668. The second-order valence-corrected chi connectivity index (χ2v) is 5.15. The number of rotatable bonds is 6. The van der Waals surface area contributed by atoms with Crippen LogP contribution >= 0.6 is 0 Å². The van der Waals surface area contributed by atoms with Gasteiger partial charge in [0.25, 0.3) is 0 Å². The van der Waals surface area contributed by atoms with Crippen LogP contribution in [0.5, 0.6) is 0 Å². The second-order valence-electron chi connectivity index (χ2n) is 5.15. The Morgan fingerprint density at radius 3 is 2.65 bits per heavy atom. The minimum atomic E-state index is -0.491. The van der Waals surface area contributed by atoms with Crippen LogP contribution in [0.25, 0.3) is 0 Å². The fraction of sp³-hybridized carbons (Fsp3) is 0.786. The van der Waals surface area contributed by atoms with Gasteiger partial charge in [-0.15, -0.1) is 0 Å². The van der Waals surface area contributed by atoms with Gasteiger partial charge < -0.3 is 0 Å². The zero-order chi connectivity index (χ0) is 12.8. The summed E-state index contributed by atoms with van der Waals surface area (Å²) in [6.45, 7) is 3.55. The number of Topliss-reactive ketones (excluding diaryl/α,β-unsaturated/α-hetero) is 3. The summed E-state index contributed by atoms with van der Waals surface area (Å²) in [6, 6.07) is 0. The Labute approximate surface area is 103 Å². The molecule has 17 heavy (non-hydrogen) atoms. The van der Waals surface area contributed by atoms with E-state index in [-0.39, 0.29) is 23.8 Å². The predicted octanol–water partition coefficient (Wildman–Crippen LogP) is 2.71. The van der Waals surface area contributed by atoms with E-state index in [1.807, 2.05) is 0 Å². The maximum Gasteiger partial charge on any atom is 0.150 e. The third-order valence-electron chi connectivity index (χ3n) is 3.53. The first-order valence-corrected chi connectivity index (χ1v) is 6.59. The maximum atomic E-state index is 11.8. The van der Waals surface area contributed by atoms with E-state index in [0.717, 1.165) is 25.7 Å². The van der Waals surface area contributed by atoms with Crippen molar-refractivity contribution >= 4 is 17.3 Å². The Morgan fingerprint density at radius 1 is 1.35 bits per heavy atom. The number of carbonyl (C=O) groups excluding carboxylic acids is 3. The number of hydrogen-bond acceptors (Lipinski definition) is 3. The first-order valence-electron chi connectivity index (χ1n) is 6.59. The summed E-state index contributed by atoms with van der Waals surface area (Å²) in [7, 11) is 0. The topological polar surface area (TPSA) is 51.2 Å². The fourth-order valence-corrected chi connectivity index (χ4v) is 2.54. The van der Waals surface area contributed by atoms with Crippen molar-refractivity contribution in [2.45, 2.75) is 58.8 Å². The monoisotopic (exact) mass is 238 g/mol. The molecular weight excluding hydrogens is 216 g/mol. The van der Waals surface area contributed by atoms with E-state index in [1.165, 1.54) is 6.92 Å². The molecule has 3 heteroatoms. The lowest BCUT2D eigenvalue weighted by Gasteiger charge is -2.27. The molecule has 0 amide bonds. The molecule has 1 fully saturated rings. The van der Waals surface area contributed by atoms with E-state index in [0.29, 0.717) is 18.8 Å². The van der Waals surface area contributed by atoms with Crippen molar-refractivity contribution in [2.75, 3.05) is 0 Å². The molecule has 0 aliphatic heterocycles. The molecule has 2 unspecified atom stereocenters. The van der Waals surface area contributed by atoms with Gasteiger partial charge in [-0.3, -0.25) is 14.4 Å². The lowest BCUT2D eigenvalue weighted by Crippen LogP contribution is -2.32. The molecule has 0 aromatic heterocycles. The van der Waals surface area contributed by atoms with Crippen LogP contribution in [-0.2, 0) is 14.4 Å². The Hall–Kier alpha value is -0.990. The van der Waals surface area contributed by atoms with Gasteiger partial charge in [-0.05, 0) is 25.7 Å². The minimum absolute atomic E-state index is 0.0454. The van der Waals surface area contributed by atoms with Crippen LogP contribution in [-0.4, -0.2) is 17.3 Å². The molecular formula is C14H22O3. The zero-order valence-electron chi connectivity index (χ0n) is 10.8. The van der Waals surface area contributed by atoms with Crippen molar-refractivity contribution in [3.8, 4) is 0 Å². The highest BCUT2D eigenvalue weighted by atomic mass is 16.2. The molecule has 3 nitrogen and oxygen atoms in total. The predicted molar refractivity (Wildman–Crippen MR) is 65.7 cm³/mol. The van der Waals surface area contributed by atoms with Crippen LogP contribution in [0.4, 0.5) is 0 Å². The average Bonchev–Trinajstić information content (AvgIpc) is 2.27. The van der Waals surface area contributed by atoms with Crippen LogP contribution in [0.2, 0.25) is 0 Å². The molecule has 2 atom stereocenters. The summed E-state index contributed by atoms with van der Waals surface area (Å²) in [5.74, 6) is -0.255. The van der Waals surface area contributed by atoms with E-state index in [9.17, 15) is 14.4 Å². The Bertz CT molecular complexity index is 307. The molecule has 1 rings (SSSR count). The maximum absolute atomic E-state index is 11.8. The zero-order valence-corrected chi connectivity index (χ0v) is 10.8. The van der Waals surface area contributed by atoms with Crippen LogP contribution < -0.4 is 0 Å². The normalized spacial score (nSPS) is 24.7. The van der Waals surface area contributed by atoms with E-state index >= 15 is 0 Å². The molecule has 0 aromatic carbocycles. The molecule has 1 aliphatic rings. The molecule has 96 valence electrons. The number of unbranched alkanes of at least 4 members (excludes halogenated alkanes) is 1. The highest BCUT2D eigenvalue weighted by Crippen LogP contribution is 2.31. The fourth-order valence-electron chi connectivity index (χ4n) is 2.54. The molecule has 0 bridgehead atoms. The molecule has 0 N–H and O–H groups in total. The number of carbonyl (C=O) groups is 3. The van der Waals surface area contributed by atoms with Crippen molar-refractivity contribution in [3.05, 3.63) is 0 Å². The Kier molecular flexibility index (Phi) is 5.52. The van der Waals surface area contributed by atoms with Gasteiger partial charge in [-0.25, -0.2) is 0 Å². The molecule has 0 saturated heterocycles. The average molecular weight is 238 g/mol. The van der Waals surface area contributed by atoms with Gasteiger partial charge in [0.15, 0.2) is 5.78 Å². The van der Waals surface area contributed by atoms with Crippen molar-refractivity contribution in [3.63, 3.8) is 0 Å². The first-order chi connectivity index (χ1) is 8.04. The molecule has 0 heterocycles. The highest BCUT2D eigenvalue weighted by Gasteiger charge is 2.33. The van der Waals surface area contributed by atoms with Crippen molar-refractivity contribution in [1.82, 2.24) is 0 Å². The summed E-state index contributed by atoms with van der Waals surface area (Å²) < 4.78 is 0. The Morgan fingerprint density at radius 2 is 2.06 bits per heavy atom. The number of hydrogen-bond donors (Lipinski definition) is 0. The van der Waals surface area contributed by atoms with Crippen molar-refractivity contribution in [1.29, 1.82) is 0 Å². The largest absolute Gasteiger partial charge is 0.300 e. The van der Waals surface area contributed by atoms with Gasteiger partial charge >= 0.3 is 0 Å². The van der Waals surface area contributed by atoms with Gasteiger partial charge in [0.2, 0.25) is 0 Å². The van der Waals surface area contributed by atoms with E-state index in [4.69, 9.17) is 0 Å².